The van der Waals surface area contributed by atoms with Gasteiger partial charge in [-0.05, 0) is 37.1 Å². The second kappa shape index (κ2) is 7.92. The van der Waals surface area contributed by atoms with E-state index in [2.05, 4.69) is 15.1 Å². The monoisotopic (exact) mass is 406 g/mol. The minimum absolute atomic E-state index is 0.0352. The quantitative estimate of drug-likeness (QED) is 0.310. The lowest BCUT2D eigenvalue weighted by atomic mass is 10.1. The number of hydrogen-bond donors (Lipinski definition) is 1. The van der Waals surface area contributed by atoms with Crippen LogP contribution in [0.3, 0.4) is 0 Å². The van der Waals surface area contributed by atoms with Crippen LogP contribution in [-0.4, -0.2) is 31.3 Å². The van der Waals surface area contributed by atoms with Crippen molar-refractivity contribution in [2.24, 2.45) is 0 Å². The summed E-state index contributed by atoms with van der Waals surface area (Å²) in [6.45, 7) is 3.96. The summed E-state index contributed by atoms with van der Waals surface area (Å²) >= 11 is 1.17. The average molecular weight is 406 g/mol. The first kappa shape index (κ1) is 18.9. The second-order valence-corrected chi connectivity index (χ2v) is 7.46. The molecule has 0 unspecified atom stereocenters. The highest BCUT2D eigenvalue weighted by atomic mass is 32.2. The van der Waals surface area contributed by atoms with Gasteiger partial charge in [-0.15, -0.1) is 0 Å². The lowest BCUT2D eigenvalue weighted by Crippen LogP contribution is -2.12. The number of nitrogens with zero attached hydrogens (tertiary/aromatic N) is 3. The number of carbonyl (C=O) groups is 1. The van der Waals surface area contributed by atoms with Gasteiger partial charge in [-0.1, -0.05) is 48.2 Å². The van der Waals surface area contributed by atoms with Crippen LogP contribution in [0.1, 0.15) is 11.1 Å². The molecule has 2 heterocycles. The van der Waals surface area contributed by atoms with Gasteiger partial charge < -0.3 is 4.74 Å². The van der Waals surface area contributed by atoms with Crippen LogP contribution in [0, 0.1) is 13.8 Å². The fourth-order valence-corrected chi connectivity index (χ4v) is 3.48. The standard InChI is InChI=1S/C21H18N4O3S/c1-13-8-9-16(10-14(13)2)28-19(27)12-29-21-23-20(15-6-4-3-5-7-15)22-17-11-18(26)24-25(17)21/h3-11H,12H2,1-2H3,(H,24,26). The van der Waals surface area contributed by atoms with E-state index in [1.165, 1.54) is 22.3 Å². The lowest BCUT2D eigenvalue weighted by Gasteiger charge is -2.08. The van der Waals surface area contributed by atoms with E-state index in [0.29, 0.717) is 22.4 Å². The molecule has 8 heteroatoms. The molecule has 2 aromatic carbocycles. The number of thioether (sulfide) groups is 1. The molecule has 146 valence electrons. The van der Waals surface area contributed by atoms with Crippen LogP contribution in [0.25, 0.3) is 17.0 Å². The smallest absolute Gasteiger partial charge is 0.321 e. The lowest BCUT2D eigenvalue weighted by molar-refractivity contribution is -0.131. The van der Waals surface area contributed by atoms with Crippen molar-refractivity contribution in [2.45, 2.75) is 19.0 Å². The van der Waals surface area contributed by atoms with Gasteiger partial charge >= 0.3 is 5.97 Å². The van der Waals surface area contributed by atoms with Gasteiger partial charge in [-0.2, -0.15) is 0 Å². The highest BCUT2D eigenvalue weighted by molar-refractivity contribution is 7.99. The van der Waals surface area contributed by atoms with Crippen molar-refractivity contribution >= 4 is 23.4 Å². The van der Waals surface area contributed by atoms with E-state index in [-0.39, 0.29) is 11.3 Å². The molecule has 4 rings (SSSR count). The van der Waals surface area contributed by atoms with E-state index < -0.39 is 5.97 Å². The molecule has 7 nitrogen and oxygen atoms in total. The van der Waals surface area contributed by atoms with Crippen molar-refractivity contribution in [1.82, 2.24) is 19.6 Å². The van der Waals surface area contributed by atoms with Gasteiger partial charge in [0.2, 0.25) is 0 Å². The number of ether oxygens (including phenoxy) is 1. The van der Waals surface area contributed by atoms with E-state index in [0.717, 1.165) is 16.7 Å². The number of aromatic amines is 1. The van der Waals surface area contributed by atoms with E-state index in [1.54, 1.807) is 6.07 Å². The van der Waals surface area contributed by atoms with Crippen molar-refractivity contribution < 1.29 is 9.53 Å². The second-order valence-electron chi connectivity index (χ2n) is 6.52. The molecule has 4 aromatic rings. The maximum atomic E-state index is 12.3. The average Bonchev–Trinajstić information content (AvgIpc) is 3.10. The van der Waals surface area contributed by atoms with Crippen molar-refractivity contribution in [2.75, 3.05) is 5.75 Å². The summed E-state index contributed by atoms with van der Waals surface area (Å²) in [7, 11) is 0. The Morgan fingerprint density at radius 1 is 1.07 bits per heavy atom. The van der Waals surface area contributed by atoms with Gasteiger partial charge in [-0.25, -0.2) is 14.5 Å². The van der Waals surface area contributed by atoms with Crippen LogP contribution in [0.4, 0.5) is 0 Å². The van der Waals surface area contributed by atoms with Crippen molar-refractivity contribution in [3.8, 4) is 17.1 Å². The van der Waals surface area contributed by atoms with Gasteiger partial charge in [0.1, 0.15) is 5.75 Å². The maximum absolute atomic E-state index is 12.3. The molecule has 0 atom stereocenters. The highest BCUT2D eigenvalue weighted by Crippen LogP contribution is 2.22. The molecule has 0 spiro atoms. The molecule has 0 amide bonds. The fraction of sp³-hybridized carbons (Fsp3) is 0.143. The largest absolute Gasteiger partial charge is 0.426 e. The predicted molar refractivity (Wildman–Crippen MR) is 111 cm³/mol. The minimum atomic E-state index is -0.402. The van der Waals surface area contributed by atoms with Gasteiger partial charge in [0.05, 0.1) is 5.75 Å². The summed E-state index contributed by atoms with van der Waals surface area (Å²) < 4.78 is 6.89. The normalized spacial score (nSPS) is 11.0. The first-order valence-corrected chi connectivity index (χ1v) is 9.94. The summed E-state index contributed by atoms with van der Waals surface area (Å²) in [4.78, 5) is 33.1. The number of benzene rings is 2. The molecule has 0 saturated heterocycles. The van der Waals surface area contributed by atoms with Crippen LogP contribution in [0.2, 0.25) is 0 Å². The number of hydrogen-bond acceptors (Lipinski definition) is 6. The number of esters is 1. The van der Waals surface area contributed by atoms with Gasteiger partial charge in [0.25, 0.3) is 5.56 Å². The summed E-state index contributed by atoms with van der Waals surface area (Å²) in [5.41, 5.74) is 3.16. The molecule has 0 aliphatic rings. The number of rotatable bonds is 5. The summed E-state index contributed by atoms with van der Waals surface area (Å²) in [6.07, 6.45) is 0. The third kappa shape index (κ3) is 4.22. The Bertz CT molecular complexity index is 1250. The first-order chi connectivity index (χ1) is 14.0. The number of H-pyrrole nitrogens is 1. The number of carbonyl (C=O) groups excluding carboxylic acids is 1. The molecule has 0 aliphatic heterocycles. The Kier molecular flexibility index (Phi) is 5.18. The SMILES string of the molecule is Cc1ccc(OC(=O)CSc2nc(-c3ccccc3)nc3cc(=O)[nH]n23)cc1C. The van der Waals surface area contributed by atoms with Gasteiger partial charge in [0, 0.05) is 11.6 Å². The van der Waals surface area contributed by atoms with Crippen molar-refractivity contribution in [3.05, 3.63) is 76.1 Å². The molecule has 0 radical (unpaired) electrons. The topological polar surface area (TPSA) is 89.3 Å². The Hall–Kier alpha value is -3.39. The van der Waals surface area contributed by atoms with Crippen LogP contribution < -0.4 is 10.3 Å². The summed E-state index contributed by atoms with van der Waals surface area (Å²) in [5.74, 6) is 0.620. The van der Waals surface area contributed by atoms with E-state index >= 15 is 0 Å². The van der Waals surface area contributed by atoms with E-state index in [9.17, 15) is 9.59 Å². The third-order valence-electron chi connectivity index (χ3n) is 4.39. The number of nitrogens with one attached hydrogen (secondary N) is 1. The van der Waals surface area contributed by atoms with Gasteiger partial charge in [0.15, 0.2) is 16.6 Å². The van der Waals surface area contributed by atoms with Crippen LogP contribution in [0.5, 0.6) is 5.75 Å². The zero-order chi connectivity index (χ0) is 20.4. The number of fused-ring (bicyclic) bond motifs is 1. The zero-order valence-corrected chi connectivity index (χ0v) is 16.7. The summed E-state index contributed by atoms with van der Waals surface area (Å²) in [6, 6.07) is 16.4. The fourth-order valence-electron chi connectivity index (χ4n) is 2.76. The molecular weight excluding hydrogens is 388 g/mol. The summed E-state index contributed by atoms with van der Waals surface area (Å²) in [5, 5.41) is 3.11. The van der Waals surface area contributed by atoms with Crippen LogP contribution in [0.15, 0.2) is 64.5 Å². The van der Waals surface area contributed by atoms with Gasteiger partial charge in [-0.3, -0.25) is 14.7 Å². The van der Waals surface area contributed by atoms with Crippen LogP contribution >= 0.6 is 11.8 Å². The molecule has 0 saturated carbocycles. The Morgan fingerprint density at radius 3 is 2.62 bits per heavy atom. The predicted octanol–water partition coefficient (Wildman–Crippen LogP) is 3.40. The zero-order valence-electron chi connectivity index (χ0n) is 15.9. The Balaban J connectivity index is 1.57. The first-order valence-electron chi connectivity index (χ1n) is 8.95. The molecule has 2 aromatic heterocycles. The van der Waals surface area contributed by atoms with E-state index in [4.69, 9.17) is 4.74 Å². The van der Waals surface area contributed by atoms with Crippen molar-refractivity contribution in [1.29, 1.82) is 0 Å². The molecule has 0 fully saturated rings. The minimum Gasteiger partial charge on any atom is -0.426 e. The molecule has 0 aliphatic carbocycles. The van der Waals surface area contributed by atoms with E-state index in [1.807, 2.05) is 56.3 Å². The maximum Gasteiger partial charge on any atom is 0.321 e. The Labute approximate surface area is 170 Å². The highest BCUT2D eigenvalue weighted by Gasteiger charge is 2.14. The molecule has 0 bridgehead atoms. The van der Waals surface area contributed by atoms with Crippen LogP contribution in [-0.2, 0) is 4.79 Å². The molecule has 29 heavy (non-hydrogen) atoms. The number of aryl methyl sites for hydroxylation is 2. The molecular formula is C21H18N4O3S. The number of aromatic nitrogens is 4. The third-order valence-corrected chi connectivity index (χ3v) is 5.30. The van der Waals surface area contributed by atoms with Crippen molar-refractivity contribution in [3.63, 3.8) is 0 Å². The Morgan fingerprint density at radius 2 is 1.86 bits per heavy atom. The molecule has 1 N–H and O–H groups in total.